The smallest absolute Gasteiger partial charge is 0.337 e. The van der Waals surface area contributed by atoms with Gasteiger partial charge in [0.1, 0.15) is 6.17 Å². The molecule has 2 aromatic rings. The molecule has 29 heavy (non-hydrogen) atoms. The van der Waals surface area contributed by atoms with E-state index in [0.29, 0.717) is 16.8 Å². The summed E-state index contributed by atoms with van der Waals surface area (Å²) in [5, 5.41) is 8.41. The Morgan fingerprint density at radius 2 is 1.66 bits per heavy atom. The molecule has 0 bridgehead atoms. The number of ether oxygens (including phenoxy) is 1. The van der Waals surface area contributed by atoms with Crippen molar-refractivity contribution in [2.45, 2.75) is 16.9 Å². The third-order valence-corrected chi connectivity index (χ3v) is 4.71. The number of methoxy groups -OCH3 is 1. The van der Waals surface area contributed by atoms with Crippen molar-refractivity contribution in [1.29, 1.82) is 0 Å². The van der Waals surface area contributed by atoms with Crippen LogP contribution in [-0.4, -0.2) is 34.1 Å². The van der Waals surface area contributed by atoms with Gasteiger partial charge in [0, 0.05) is 11.3 Å². The summed E-state index contributed by atoms with van der Waals surface area (Å²) in [6.45, 7) is 1.80. The van der Waals surface area contributed by atoms with E-state index >= 15 is 0 Å². The summed E-state index contributed by atoms with van der Waals surface area (Å²) in [4.78, 5) is 24.0. The first-order chi connectivity index (χ1) is 13.6. The fourth-order valence-corrected chi connectivity index (χ4v) is 2.91. The molecule has 154 valence electrons. The SMILES string of the molecule is COC(=O)c1ccc(NC(=S)N[C@@H](NC(=O)c2ccccc2C)C(Cl)(Cl)Cl)cc1. The summed E-state index contributed by atoms with van der Waals surface area (Å²) in [6, 6.07) is 13.4. The van der Waals surface area contributed by atoms with E-state index in [2.05, 4.69) is 20.7 Å². The summed E-state index contributed by atoms with van der Waals surface area (Å²) in [7, 11) is 1.30. The quantitative estimate of drug-likeness (QED) is 0.261. The number of carbonyl (C=O) groups excluding carboxylic acids is 2. The van der Waals surface area contributed by atoms with E-state index in [-0.39, 0.29) is 5.11 Å². The molecule has 0 saturated carbocycles. The lowest BCUT2D eigenvalue weighted by atomic mass is 10.1. The zero-order valence-corrected chi connectivity index (χ0v) is 18.5. The van der Waals surface area contributed by atoms with Gasteiger partial charge in [0.05, 0.1) is 12.7 Å². The number of aryl methyl sites for hydroxylation is 1. The van der Waals surface area contributed by atoms with Crippen molar-refractivity contribution in [2.75, 3.05) is 12.4 Å². The average molecular weight is 475 g/mol. The predicted octanol–water partition coefficient (Wildman–Crippen LogP) is 4.19. The molecule has 0 fully saturated rings. The van der Waals surface area contributed by atoms with Gasteiger partial charge in [-0.15, -0.1) is 0 Å². The van der Waals surface area contributed by atoms with Crippen LogP contribution in [0.4, 0.5) is 5.69 Å². The summed E-state index contributed by atoms with van der Waals surface area (Å²) >= 11 is 23.3. The zero-order chi connectivity index (χ0) is 21.6. The fourth-order valence-electron chi connectivity index (χ4n) is 2.34. The van der Waals surface area contributed by atoms with Crippen molar-refractivity contribution in [3.8, 4) is 0 Å². The van der Waals surface area contributed by atoms with Gasteiger partial charge in [0.25, 0.3) is 5.91 Å². The number of thiocarbonyl (C=S) groups is 1. The normalized spacial score (nSPS) is 11.9. The first-order valence-corrected chi connectivity index (χ1v) is 9.85. The van der Waals surface area contributed by atoms with Crippen LogP contribution >= 0.6 is 47.0 Å². The molecular weight excluding hydrogens is 457 g/mol. The van der Waals surface area contributed by atoms with Crippen molar-refractivity contribution in [3.05, 3.63) is 65.2 Å². The molecule has 10 heteroatoms. The Balaban J connectivity index is 2.06. The highest BCUT2D eigenvalue weighted by atomic mass is 35.6. The van der Waals surface area contributed by atoms with Gasteiger partial charge in [-0.25, -0.2) is 4.79 Å². The highest BCUT2D eigenvalue weighted by molar-refractivity contribution is 7.80. The molecule has 2 rings (SSSR count). The summed E-state index contributed by atoms with van der Waals surface area (Å²) < 4.78 is 2.77. The highest BCUT2D eigenvalue weighted by Gasteiger charge is 2.35. The van der Waals surface area contributed by atoms with E-state index in [4.69, 9.17) is 47.0 Å². The van der Waals surface area contributed by atoms with E-state index in [9.17, 15) is 9.59 Å². The highest BCUT2D eigenvalue weighted by Crippen LogP contribution is 2.29. The van der Waals surface area contributed by atoms with Crippen LogP contribution in [0.15, 0.2) is 48.5 Å². The monoisotopic (exact) mass is 473 g/mol. The topological polar surface area (TPSA) is 79.5 Å². The molecule has 0 aliphatic carbocycles. The maximum absolute atomic E-state index is 12.6. The van der Waals surface area contributed by atoms with E-state index in [1.54, 1.807) is 49.4 Å². The number of amides is 1. The Hall–Kier alpha value is -2.06. The van der Waals surface area contributed by atoms with Crippen molar-refractivity contribution >= 4 is 69.7 Å². The first kappa shape index (κ1) is 23.2. The number of benzene rings is 2. The maximum Gasteiger partial charge on any atom is 0.337 e. The number of anilines is 1. The maximum atomic E-state index is 12.6. The molecule has 0 aromatic heterocycles. The largest absolute Gasteiger partial charge is 0.465 e. The van der Waals surface area contributed by atoms with Gasteiger partial charge in [0.2, 0.25) is 3.79 Å². The molecule has 0 saturated heterocycles. The molecule has 1 atom stereocenters. The molecule has 0 aliphatic rings. The van der Waals surface area contributed by atoms with Crippen molar-refractivity contribution in [1.82, 2.24) is 10.6 Å². The van der Waals surface area contributed by atoms with Crippen LogP contribution in [0.2, 0.25) is 0 Å². The standard InChI is InChI=1S/C19H18Cl3N3O3S/c1-11-5-3-4-6-14(11)15(26)24-17(19(20,21)22)25-18(29)23-13-9-7-12(8-10-13)16(27)28-2/h3-10,17H,1-2H3,(H,24,26)(H2,23,25,29)/t17-/m1/s1. The summed E-state index contributed by atoms with van der Waals surface area (Å²) in [5.41, 5.74) is 2.20. The van der Waals surface area contributed by atoms with E-state index in [1.165, 1.54) is 7.11 Å². The number of alkyl halides is 3. The molecule has 1 amide bonds. The van der Waals surface area contributed by atoms with Crippen LogP contribution in [-0.2, 0) is 4.74 Å². The van der Waals surface area contributed by atoms with Crippen LogP contribution in [0.25, 0.3) is 0 Å². The second kappa shape index (κ2) is 10.1. The van der Waals surface area contributed by atoms with Crippen molar-refractivity contribution in [2.24, 2.45) is 0 Å². The Bertz CT molecular complexity index is 902. The number of rotatable bonds is 5. The number of nitrogens with one attached hydrogen (secondary N) is 3. The Labute approximate surface area is 188 Å². The Morgan fingerprint density at radius 1 is 1.03 bits per heavy atom. The second-order valence-corrected chi connectivity index (χ2v) is 8.71. The Morgan fingerprint density at radius 3 is 2.21 bits per heavy atom. The van der Waals surface area contributed by atoms with E-state index in [0.717, 1.165) is 5.56 Å². The minimum Gasteiger partial charge on any atom is -0.465 e. The fraction of sp³-hybridized carbons (Fsp3) is 0.211. The molecule has 0 aliphatic heterocycles. The molecular formula is C19H18Cl3N3O3S. The first-order valence-electron chi connectivity index (χ1n) is 8.31. The number of esters is 1. The van der Waals surface area contributed by atoms with Crippen LogP contribution in [0.1, 0.15) is 26.3 Å². The van der Waals surface area contributed by atoms with E-state index < -0.39 is 21.8 Å². The third-order valence-electron chi connectivity index (χ3n) is 3.83. The second-order valence-electron chi connectivity index (χ2n) is 5.93. The van der Waals surface area contributed by atoms with Gasteiger partial charge in [0.15, 0.2) is 5.11 Å². The van der Waals surface area contributed by atoms with Crippen LogP contribution in [0.3, 0.4) is 0 Å². The summed E-state index contributed by atoms with van der Waals surface area (Å²) in [6.07, 6.45) is -1.10. The van der Waals surface area contributed by atoms with Crippen molar-refractivity contribution in [3.63, 3.8) is 0 Å². The molecule has 0 unspecified atom stereocenters. The average Bonchev–Trinajstić information content (AvgIpc) is 2.67. The van der Waals surface area contributed by atoms with Gasteiger partial charge >= 0.3 is 5.97 Å². The molecule has 2 aromatic carbocycles. The predicted molar refractivity (Wildman–Crippen MR) is 120 cm³/mol. The van der Waals surface area contributed by atoms with Crippen LogP contribution in [0.5, 0.6) is 0 Å². The molecule has 0 heterocycles. The summed E-state index contributed by atoms with van der Waals surface area (Å²) in [5.74, 6) is -0.871. The molecule has 0 radical (unpaired) electrons. The lowest BCUT2D eigenvalue weighted by Gasteiger charge is -2.28. The molecule has 0 spiro atoms. The molecule has 6 nitrogen and oxygen atoms in total. The van der Waals surface area contributed by atoms with Crippen LogP contribution in [0, 0.1) is 6.92 Å². The van der Waals surface area contributed by atoms with Gasteiger partial charge < -0.3 is 20.7 Å². The lowest BCUT2D eigenvalue weighted by molar-refractivity contribution is 0.0600. The number of hydrogen-bond acceptors (Lipinski definition) is 4. The van der Waals surface area contributed by atoms with Gasteiger partial charge in [-0.2, -0.15) is 0 Å². The zero-order valence-electron chi connectivity index (χ0n) is 15.5. The molecule has 3 N–H and O–H groups in total. The lowest BCUT2D eigenvalue weighted by Crippen LogP contribution is -2.56. The van der Waals surface area contributed by atoms with Gasteiger partial charge in [-0.3, -0.25) is 4.79 Å². The van der Waals surface area contributed by atoms with E-state index in [1.807, 2.05) is 6.07 Å². The minimum absolute atomic E-state index is 0.109. The minimum atomic E-state index is -1.88. The number of halogens is 3. The van der Waals surface area contributed by atoms with Crippen molar-refractivity contribution < 1.29 is 14.3 Å². The van der Waals surface area contributed by atoms with Gasteiger partial charge in [-0.05, 0) is 55.0 Å². The Kier molecular flexibility index (Phi) is 8.10. The number of hydrogen-bond donors (Lipinski definition) is 3. The van der Waals surface area contributed by atoms with Gasteiger partial charge in [-0.1, -0.05) is 53.0 Å². The number of carbonyl (C=O) groups is 2. The third kappa shape index (κ3) is 6.75. The van der Waals surface area contributed by atoms with Crippen LogP contribution < -0.4 is 16.0 Å².